The van der Waals surface area contributed by atoms with Gasteiger partial charge in [0.15, 0.2) is 0 Å². The number of hydrogen-bond acceptors (Lipinski definition) is 5. The number of benzene rings is 1. The summed E-state index contributed by atoms with van der Waals surface area (Å²) in [5, 5.41) is 3.41. The number of Topliss-reactive ketones (excluding diaryl/α,β-unsaturated/α-hetero) is 1. The molecule has 0 aliphatic rings. The van der Waals surface area contributed by atoms with Crippen LogP contribution in [0, 0.1) is 0 Å². The quantitative estimate of drug-likeness (QED) is 0.351. The topological polar surface area (TPSA) is 81.8 Å². The first kappa shape index (κ1) is 12.1. The Bertz CT molecular complexity index is 412. The summed E-state index contributed by atoms with van der Waals surface area (Å²) in [6.07, 6.45) is 0. The number of hydrogen-bond donors (Lipinski definition) is 1. The molecule has 1 rings (SSSR count). The Morgan fingerprint density at radius 3 is 2.44 bits per heavy atom. The van der Waals surface area contributed by atoms with Crippen LogP contribution in [-0.2, 0) is 9.63 Å². The molecule has 16 heavy (non-hydrogen) atoms. The second-order valence-electron chi connectivity index (χ2n) is 3.02. The van der Waals surface area contributed by atoms with Crippen LogP contribution in [0.3, 0.4) is 0 Å². The van der Waals surface area contributed by atoms with Crippen LogP contribution in [0.4, 0.5) is 0 Å². The molecule has 2 N–H and O–H groups in total. The summed E-state index contributed by atoms with van der Waals surface area (Å²) in [5.41, 5.74) is 5.83. The molecule has 0 saturated heterocycles. The average Bonchev–Trinajstić information content (AvgIpc) is 2.30. The fourth-order valence-electron chi connectivity index (χ4n) is 1.05. The molecule has 1 aromatic rings. The van der Waals surface area contributed by atoms with Gasteiger partial charge in [0.25, 0.3) is 0 Å². The van der Waals surface area contributed by atoms with E-state index in [4.69, 9.17) is 5.73 Å². The lowest BCUT2D eigenvalue weighted by Gasteiger charge is -2.01. The maximum atomic E-state index is 11.8. The van der Waals surface area contributed by atoms with Crippen LogP contribution < -0.4 is 5.73 Å². The fourth-order valence-corrected chi connectivity index (χ4v) is 1.05. The van der Waals surface area contributed by atoms with Crippen molar-refractivity contribution in [2.45, 2.75) is 6.92 Å². The second kappa shape index (κ2) is 5.77. The van der Waals surface area contributed by atoms with E-state index in [1.54, 1.807) is 30.3 Å². The lowest BCUT2D eigenvalue weighted by atomic mass is 10.1. The van der Waals surface area contributed by atoms with Gasteiger partial charge < -0.3 is 10.6 Å². The molecule has 1 aromatic carbocycles. The van der Waals surface area contributed by atoms with Crippen molar-refractivity contribution in [1.29, 1.82) is 0 Å². The van der Waals surface area contributed by atoms with Gasteiger partial charge in [-0.3, -0.25) is 4.79 Å². The zero-order chi connectivity index (χ0) is 12.0. The predicted molar refractivity (Wildman–Crippen MR) is 59.0 cm³/mol. The monoisotopic (exact) mass is 220 g/mol. The molecule has 0 atom stereocenters. The van der Waals surface area contributed by atoms with Crippen LogP contribution in [0.25, 0.3) is 0 Å². The van der Waals surface area contributed by atoms with E-state index in [0.717, 1.165) is 0 Å². The van der Waals surface area contributed by atoms with Crippen molar-refractivity contribution in [2.75, 3.05) is 6.54 Å². The Balaban J connectivity index is 2.86. The van der Waals surface area contributed by atoms with Crippen molar-refractivity contribution in [2.24, 2.45) is 10.9 Å². The Hall–Kier alpha value is -2.01. The van der Waals surface area contributed by atoms with Crippen molar-refractivity contribution < 1.29 is 14.4 Å². The van der Waals surface area contributed by atoms with Crippen molar-refractivity contribution in [3.05, 3.63) is 35.9 Å². The van der Waals surface area contributed by atoms with E-state index in [-0.39, 0.29) is 18.0 Å². The molecule has 0 amide bonds. The number of nitrogens with zero attached hydrogens (tertiary/aromatic N) is 1. The van der Waals surface area contributed by atoms with Gasteiger partial charge in [-0.05, 0) is 0 Å². The van der Waals surface area contributed by atoms with Crippen LogP contribution in [0.15, 0.2) is 35.5 Å². The van der Waals surface area contributed by atoms with Gasteiger partial charge in [-0.15, -0.1) is 0 Å². The van der Waals surface area contributed by atoms with Crippen molar-refractivity contribution in [1.82, 2.24) is 0 Å². The fraction of sp³-hybridized carbons (Fsp3) is 0.182. The molecule has 0 aliphatic heterocycles. The molecular formula is C11H12N2O3. The molecular weight excluding hydrogens is 208 g/mol. The number of oxime groups is 1. The Morgan fingerprint density at radius 2 is 1.94 bits per heavy atom. The number of carbonyl (C=O) groups excluding carboxylic acids is 2. The third-order valence-electron chi connectivity index (χ3n) is 1.78. The normalized spacial score (nSPS) is 11.0. The molecule has 0 unspecified atom stereocenters. The van der Waals surface area contributed by atoms with Gasteiger partial charge in [0, 0.05) is 19.0 Å². The van der Waals surface area contributed by atoms with Crippen LogP contribution in [0.2, 0.25) is 0 Å². The first-order valence-electron chi connectivity index (χ1n) is 4.69. The molecule has 0 radical (unpaired) electrons. The Kier molecular flexibility index (Phi) is 4.35. The summed E-state index contributed by atoms with van der Waals surface area (Å²) >= 11 is 0. The van der Waals surface area contributed by atoms with Crippen LogP contribution in [0.1, 0.15) is 17.3 Å². The van der Waals surface area contributed by atoms with E-state index in [1.807, 2.05) is 0 Å². The molecule has 0 aromatic heterocycles. The van der Waals surface area contributed by atoms with E-state index < -0.39 is 5.97 Å². The predicted octanol–water partition coefficient (Wildman–Crippen LogP) is 0.747. The largest absolute Gasteiger partial charge is 0.331 e. The minimum Gasteiger partial charge on any atom is -0.325 e. The summed E-state index contributed by atoms with van der Waals surface area (Å²) < 4.78 is 0. The van der Waals surface area contributed by atoms with Gasteiger partial charge in [0.2, 0.25) is 5.78 Å². The second-order valence-corrected chi connectivity index (χ2v) is 3.02. The smallest absolute Gasteiger partial charge is 0.325 e. The number of rotatable bonds is 4. The molecule has 5 nitrogen and oxygen atoms in total. The van der Waals surface area contributed by atoms with Gasteiger partial charge >= 0.3 is 5.97 Å². The van der Waals surface area contributed by atoms with Gasteiger partial charge in [0.1, 0.15) is 5.71 Å². The van der Waals surface area contributed by atoms with E-state index in [1.165, 1.54) is 6.92 Å². The van der Waals surface area contributed by atoms with Gasteiger partial charge in [-0.2, -0.15) is 0 Å². The average molecular weight is 220 g/mol. The zero-order valence-electron chi connectivity index (χ0n) is 8.84. The first-order valence-corrected chi connectivity index (χ1v) is 4.69. The van der Waals surface area contributed by atoms with E-state index in [0.29, 0.717) is 5.56 Å². The standard InChI is InChI=1S/C11H12N2O3/c1-8(14)16-13-10(7-12)11(15)9-5-3-2-4-6-9/h2-6H,7,12H2,1H3. The first-order chi connectivity index (χ1) is 7.65. The van der Waals surface area contributed by atoms with Gasteiger partial charge in [0.05, 0.1) is 0 Å². The van der Waals surface area contributed by atoms with Crippen molar-refractivity contribution >= 4 is 17.5 Å². The highest BCUT2D eigenvalue weighted by Gasteiger charge is 2.13. The molecule has 84 valence electrons. The summed E-state index contributed by atoms with van der Waals surface area (Å²) in [5.74, 6) is -0.934. The lowest BCUT2D eigenvalue weighted by molar-refractivity contribution is -0.140. The minimum atomic E-state index is -0.591. The summed E-state index contributed by atoms with van der Waals surface area (Å²) in [4.78, 5) is 26.7. The summed E-state index contributed by atoms with van der Waals surface area (Å²) in [7, 11) is 0. The maximum absolute atomic E-state index is 11.8. The van der Waals surface area contributed by atoms with Crippen LogP contribution >= 0.6 is 0 Å². The third kappa shape index (κ3) is 3.29. The Morgan fingerprint density at radius 1 is 1.31 bits per heavy atom. The highest BCUT2D eigenvalue weighted by molar-refractivity contribution is 6.46. The van der Waals surface area contributed by atoms with Crippen molar-refractivity contribution in [3.63, 3.8) is 0 Å². The molecule has 0 saturated carbocycles. The van der Waals surface area contributed by atoms with E-state index in [9.17, 15) is 9.59 Å². The molecule has 0 fully saturated rings. The van der Waals surface area contributed by atoms with Gasteiger partial charge in [-0.25, -0.2) is 4.79 Å². The highest BCUT2D eigenvalue weighted by Crippen LogP contribution is 2.01. The molecule has 0 heterocycles. The SMILES string of the molecule is CC(=O)ON=C(CN)C(=O)c1ccccc1. The van der Waals surface area contributed by atoms with Crippen molar-refractivity contribution in [3.8, 4) is 0 Å². The number of ketones is 1. The number of carbonyl (C=O) groups is 2. The third-order valence-corrected chi connectivity index (χ3v) is 1.78. The summed E-state index contributed by atoms with van der Waals surface area (Å²) in [6, 6.07) is 8.53. The minimum absolute atomic E-state index is 0.0152. The van der Waals surface area contributed by atoms with E-state index in [2.05, 4.69) is 9.99 Å². The van der Waals surface area contributed by atoms with Crippen LogP contribution in [-0.4, -0.2) is 24.0 Å². The van der Waals surface area contributed by atoms with Gasteiger partial charge in [-0.1, -0.05) is 35.5 Å². The zero-order valence-corrected chi connectivity index (χ0v) is 8.84. The number of nitrogens with two attached hydrogens (primary N) is 1. The maximum Gasteiger partial charge on any atom is 0.331 e. The Labute approximate surface area is 92.9 Å². The molecule has 0 spiro atoms. The van der Waals surface area contributed by atoms with Crippen LogP contribution in [0.5, 0.6) is 0 Å². The highest BCUT2D eigenvalue weighted by atomic mass is 16.7. The molecule has 0 bridgehead atoms. The summed E-state index contributed by atoms with van der Waals surface area (Å²) in [6.45, 7) is 1.12. The molecule has 5 heteroatoms. The molecule has 0 aliphatic carbocycles. The van der Waals surface area contributed by atoms with E-state index >= 15 is 0 Å². The lowest BCUT2D eigenvalue weighted by Crippen LogP contribution is -2.24.